The number of hydrogen-bond acceptors (Lipinski definition) is 5. The van der Waals surface area contributed by atoms with Crippen molar-refractivity contribution in [2.75, 3.05) is 13.2 Å². The largest absolute Gasteiger partial charge is 0.452 e. The first-order valence-corrected chi connectivity index (χ1v) is 6.32. The van der Waals surface area contributed by atoms with Crippen LogP contribution in [0, 0.1) is 0 Å². The SMILES string of the molecule is C1CCOC1.CC(C)OC(=O)/N=N/C(=O)OC(C)C. The molecule has 7 nitrogen and oxygen atoms in total. The Morgan fingerprint density at radius 1 is 0.895 bits per heavy atom. The van der Waals surface area contributed by atoms with Crippen LogP contribution in [-0.2, 0) is 14.2 Å². The summed E-state index contributed by atoms with van der Waals surface area (Å²) in [6.45, 7) is 8.67. The molecule has 1 fully saturated rings. The van der Waals surface area contributed by atoms with Crippen LogP contribution in [0.2, 0.25) is 0 Å². The predicted molar refractivity (Wildman–Crippen MR) is 68.1 cm³/mol. The summed E-state index contributed by atoms with van der Waals surface area (Å²) in [7, 11) is 0. The molecule has 0 aromatic rings. The predicted octanol–water partition coefficient (Wildman–Crippen LogP) is 3.33. The van der Waals surface area contributed by atoms with Crippen molar-refractivity contribution in [2.45, 2.75) is 52.7 Å². The molecule has 0 atom stereocenters. The topological polar surface area (TPSA) is 86.5 Å². The van der Waals surface area contributed by atoms with Crippen molar-refractivity contribution in [3.05, 3.63) is 0 Å². The molecule has 2 amide bonds. The van der Waals surface area contributed by atoms with Gasteiger partial charge in [0.05, 0.1) is 12.2 Å². The van der Waals surface area contributed by atoms with Gasteiger partial charge in [-0.2, -0.15) is 0 Å². The molecule has 1 heterocycles. The van der Waals surface area contributed by atoms with E-state index in [-0.39, 0.29) is 12.2 Å². The third kappa shape index (κ3) is 12.7. The van der Waals surface area contributed by atoms with Gasteiger partial charge in [-0.1, -0.05) is 10.2 Å². The fourth-order valence-corrected chi connectivity index (χ4v) is 1.04. The molecule has 0 aromatic heterocycles. The normalized spacial score (nSPS) is 14.4. The number of carbonyl (C=O) groups is 2. The summed E-state index contributed by atoms with van der Waals surface area (Å²) in [6.07, 6.45) is 0.173. The van der Waals surface area contributed by atoms with Crippen molar-refractivity contribution < 1.29 is 23.8 Å². The highest BCUT2D eigenvalue weighted by Crippen LogP contribution is 1.98. The molecule has 1 saturated heterocycles. The van der Waals surface area contributed by atoms with E-state index in [0.29, 0.717) is 0 Å². The summed E-state index contributed by atoms with van der Waals surface area (Å²) in [6, 6.07) is 0. The summed E-state index contributed by atoms with van der Waals surface area (Å²) in [5, 5.41) is 6.01. The van der Waals surface area contributed by atoms with E-state index in [1.807, 2.05) is 0 Å². The van der Waals surface area contributed by atoms with Crippen LogP contribution in [0.5, 0.6) is 0 Å². The van der Waals surface area contributed by atoms with Crippen LogP contribution < -0.4 is 0 Å². The second-order valence-corrected chi connectivity index (χ2v) is 4.38. The van der Waals surface area contributed by atoms with Crippen molar-refractivity contribution in [3.8, 4) is 0 Å². The van der Waals surface area contributed by atoms with Crippen molar-refractivity contribution in [3.63, 3.8) is 0 Å². The van der Waals surface area contributed by atoms with Crippen LogP contribution in [0.25, 0.3) is 0 Å². The maximum atomic E-state index is 10.8. The number of carbonyl (C=O) groups excluding carboxylic acids is 2. The van der Waals surface area contributed by atoms with E-state index in [1.54, 1.807) is 27.7 Å². The van der Waals surface area contributed by atoms with Crippen molar-refractivity contribution in [2.24, 2.45) is 10.2 Å². The van der Waals surface area contributed by atoms with Gasteiger partial charge in [0.2, 0.25) is 0 Å². The Labute approximate surface area is 113 Å². The van der Waals surface area contributed by atoms with Crippen LogP contribution in [0.3, 0.4) is 0 Å². The molecule has 7 heteroatoms. The number of rotatable bonds is 2. The second kappa shape index (κ2) is 10.4. The molecule has 0 aliphatic carbocycles. The van der Waals surface area contributed by atoms with E-state index in [4.69, 9.17) is 4.74 Å². The number of amides is 2. The van der Waals surface area contributed by atoms with Gasteiger partial charge >= 0.3 is 12.2 Å². The van der Waals surface area contributed by atoms with Crippen molar-refractivity contribution in [1.29, 1.82) is 0 Å². The molecule has 1 rings (SSSR count). The van der Waals surface area contributed by atoms with Crippen LogP contribution in [0.4, 0.5) is 9.59 Å². The molecular formula is C12H22N2O5. The Hall–Kier alpha value is -1.50. The van der Waals surface area contributed by atoms with Gasteiger partial charge in [-0.15, -0.1) is 0 Å². The fourth-order valence-electron chi connectivity index (χ4n) is 1.04. The summed E-state index contributed by atoms with van der Waals surface area (Å²) >= 11 is 0. The van der Waals surface area contributed by atoms with Crippen LogP contribution >= 0.6 is 0 Å². The molecule has 19 heavy (non-hydrogen) atoms. The first kappa shape index (κ1) is 17.5. The van der Waals surface area contributed by atoms with Gasteiger partial charge in [-0.05, 0) is 40.5 Å². The zero-order valence-corrected chi connectivity index (χ0v) is 11.9. The lowest BCUT2D eigenvalue weighted by Gasteiger charge is -2.03. The standard InChI is InChI=1S/C8H14N2O4.C4H8O/c1-5(2)13-7(11)9-10-8(12)14-6(3)4;1-2-4-5-3-1/h5-6H,1-4H3;1-4H2/b10-9+;. The molecule has 0 unspecified atom stereocenters. The Bertz CT molecular complexity index is 267. The molecule has 0 radical (unpaired) electrons. The van der Waals surface area contributed by atoms with Gasteiger partial charge in [-0.25, -0.2) is 9.59 Å². The average Bonchev–Trinajstić information content (AvgIpc) is 2.83. The number of nitrogens with zero attached hydrogens (tertiary/aromatic N) is 2. The fraction of sp³-hybridized carbons (Fsp3) is 0.833. The van der Waals surface area contributed by atoms with Gasteiger partial charge in [0, 0.05) is 13.2 Å². The third-order valence-corrected chi connectivity index (χ3v) is 1.71. The smallest absolute Gasteiger partial charge is 0.444 e. The van der Waals surface area contributed by atoms with Gasteiger partial charge in [-0.3, -0.25) is 0 Å². The van der Waals surface area contributed by atoms with Crippen molar-refractivity contribution in [1.82, 2.24) is 0 Å². The molecule has 1 aliphatic heterocycles. The van der Waals surface area contributed by atoms with Crippen LogP contribution in [-0.4, -0.2) is 37.6 Å². The minimum absolute atomic E-state index is 0.289. The number of ether oxygens (including phenoxy) is 3. The minimum atomic E-state index is -0.902. The van der Waals surface area contributed by atoms with E-state index < -0.39 is 12.2 Å². The zero-order chi connectivity index (χ0) is 14.7. The highest BCUT2D eigenvalue weighted by molar-refractivity contribution is 5.73. The Morgan fingerprint density at radius 2 is 1.26 bits per heavy atom. The Kier molecular flexibility index (Phi) is 9.60. The van der Waals surface area contributed by atoms with E-state index >= 15 is 0 Å². The van der Waals surface area contributed by atoms with E-state index in [0.717, 1.165) is 13.2 Å². The summed E-state index contributed by atoms with van der Waals surface area (Å²) in [5.41, 5.74) is 0. The molecule has 0 spiro atoms. The summed E-state index contributed by atoms with van der Waals surface area (Å²) in [4.78, 5) is 21.5. The molecule has 0 saturated carbocycles. The third-order valence-electron chi connectivity index (χ3n) is 1.71. The van der Waals surface area contributed by atoms with Gasteiger partial charge in [0.15, 0.2) is 0 Å². The highest BCUT2D eigenvalue weighted by atomic mass is 16.6. The van der Waals surface area contributed by atoms with E-state index in [1.165, 1.54) is 12.8 Å². The van der Waals surface area contributed by atoms with E-state index in [9.17, 15) is 9.59 Å². The molecule has 110 valence electrons. The van der Waals surface area contributed by atoms with Gasteiger partial charge in [0.1, 0.15) is 0 Å². The van der Waals surface area contributed by atoms with Crippen molar-refractivity contribution >= 4 is 12.2 Å². The van der Waals surface area contributed by atoms with Gasteiger partial charge in [0.25, 0.3) is 0 Å². The maximum Gasteiger partial charge on any atom is 0.452 e. The molecule has 0 aromatic carbocycles. The first-order chi connectivity index (χ1) is 8.91. The lowest BCUT2D eigenvalue weighted by Crippen LogP contribution is -2.09. The first-order valence-electron chi connectivity index (χ1n) is 6.32. The lowest BCUT2D eigenvalue weighted by molar-refractivity contribution is 0.115. The monoisotopic (exact) mass is 274 g/mol. The zero-order valence-electron chi connectivity index (χ0n) is 11.9. The number of hydrogen-bond donors (Lipinski definition) is 0. The maximum absolute atomic E-state index is 10.8. The summed E-state index contributed by atoms with van der Waals surface area (Å²) in [5.74, 6) is 0. The summed E-state index contributed by atoms with van der Waals surface area (Å²) < 4.78 is 14.1. The minimum Gasteiger partial charge on any atom is -0.444 e. The van der Waals surface area contributed by atoms with Crippen LogP contribution in [0.1, 0.15) is 40.5 Å². The quantitative estimate of drug-likeness (QED) is 0.721. The number of azo groups is 1. The average molecular weight is 274 g/mol. The Balaban J connectivity index is 0.000000532. The second-order valence-electron chi connectivity index (χ2n) is 4.38. The molecular weight excluding hydrogens is 252 g/mol. The highest BCUT2D eigenvalue weighted by Gasteiger charge is 2.06. The molecule has 1 aliphatic rings. The van der Waals surface area contributed by atoms with Crippen LogP contribution in [0.15, 0.2) is 10.2 Å². The van der Waals surface area contributed by atoms with Gasteiger partial charge < -0.3 is 14.2 Å². The van der Waals surface area contributed by atoms with E-state index in [2.05, 4.69) is 19.7 Å². The molecule has 0 bridgehead atoms. The molecule has 0 N–H and O–H groups in total. The Morgan fingerprint density at radius 3 is 1.47 bits per heavy atom. The lowest BCUT2D eigenvalue weighted by atomic mass is 10.4.